The second kappa shape index (κ2) is 6.25. The van der Waals surface area contributed by atoms with E-state index in [4.69, 9.17) is 5.73 Å². The molecule has 1 rings (SSSR count). The lowest BCUT2D eigenvalue weighted by Gasteiger charge is -2.19. The fraction of sp³-hybridized carbons (Fsp3) is 0.462. The molecule has 0 radical (unpaired) electrons. The van der Waals surface area contributed by atoms with Gasteiger partial charge in [0.05, 0.1) is 6.54 Å². The lowest BCUT2D eigenvalue weighted by Crippen LogP contribution is -2.37. The van der Waals surface area contributed by atoms with Crippen LogP contribution in [0.1, 0.15) is 20.8 Å². The molecule has 4 N–H and O–H groups in total. The smallest absolute Gasteiger partial charge is 0.193 e. The van der Waals surface area contributed by atoms with Crippen LogP contribution in [0, 0.1) is 0 Å². The predicted molar refractivity (Wildman–Crippen MR) is 74.3 cm³/mol. The topological polar surface area (TPSA) is 62.4 Å². The van der Waals surface area contributed by atoms with E-state index in [0.717, 1.165) is 12.2 Å². The molecule has 0 spiro atoms. The van der Waals surface area contributed by atoms with Gasteiger partial charge in [0.2, 0.25) is 0 Å². The van der Waals surface area contributed by atoms with Crippen LogP contribution >= 0.6 is 0 Å². The number of para-hydroxylation sites is 1. The van der Waals surface area contributed by atoms with Crippen LogP contribution in [-0.2, 0) is 0 Å². The maximum Gasteiger partial charge on any atom is 0.193 e. The Morgan fingerprint density at radius 2 is 1.88 bits per heavy atom. The molecule has 0 aromatic heterocycles. The van der Waals surface area contributed by atoms with Crippen LogP contribution in [0.2, 0.25) is 0 Å². The Bertz CT molecular complexity index is 351. The Morgan fingerprint density at radius 1 is 1.24 bits per heavy atom. The third-order valence-corrected chi connectivity index (χ3v) is 2.10. The summed E-state index contributed by atoms with van der Waals surface area (Å²) in [6.07, 6.45) is 0. The summed E-state index contributed by atoms with van der Waals surface area (Å²) >= 11 is 0. The molecule has 0 bridgehead atoms. The molecule has 0 saturated carbocycles. The first-order valence-corrected chi connectivity index (χ1v) is 5.84. The molecule has 0 saturated heterocycles. The third kappa shape index (κ3) is 6.58. The van der Waals surface area contributed by atoms with Crippen LogP contribution in [0.15, 0.2) is 35.3 Å². The highest BCUT2D eigenvalue weighted by atomic mass is 15.1. The number of nitrogens with one attached hydrogen (secondary N) is 2. The molecule has 0 heterocycles. The Kier molecular flexibility index (Phi) is 4.97. The van der Waals surface area contributed by atoms with Gasteiger partial charge in [0.25, 0.3) is 0 Å². The first-order chi connectivity index (χ1) is 7.97. The summed E-state index contributed by atoms with van der Waals surface area (Å²) in [6, 6.07) is 9.78. The molecular weight excluding hydrogens is 212 g/mol. The summed E-state index contributed by atoms with van der Waals surface area (Å²) in [6.45, 7) is 7.87. The Morgan fingerprint density at radius 3 is 2.47 bits per heavy atom. The number of benzene rings is 1. The highest BCUT2D eigenvalue weighted by molar-refractivity contribution is 5.92. The van der Waals surface area contributed by atoms with Crippen molar-refractivity contribution >= 4 is 11.6 Å². The number of rotatable bonds is 4. The number of hydrogen-bond donors (Lipinski definition) is 3. The standard InChI is InChI=1S/C13H22N4/c1-13(2,3)16-10-9-15-12(14)17-11-7-5-4-6-8-11/h4-8,16H,9-10H2,1-3H3,(H3,14,15,17). The molecule has 94 valence electrons. The van der Waals surface area contributed by atoms with E-state index in [1.807, 2.05) is 30.3 Å². The monoisotopic (exact) mass is 234 g/mol. The van der Waals surface area contributed by atoms with Crippen LogP contribution < -0.4 is 16.4 Å². The van der Waals surface area contributed by atoms with Gasteiger partial charge in [-0.3, -0.25) is 4.99 Å². The highest BCUT2D eigenvalue weighted by Gasteiger charge is 2.06. The van der Waals surface area contributed by atoms with Gasteiger partial charge in [-0.2, -0.15) is 0 Å². The van der Waals surface area contributed by atoms with Crippen molar-refractivity contribution in [3.8, 4) is 0 Å². The molecule has 0 atom stereocenters. The molecule has 0 aliphatic rings. The van der Waals surface area contributed by atoms with Crippen molar-refractivity contribution in [2.24, 2.45) is 10.7 Å². The van der Waals surface area contributed by atoms with Crippen LogP contribution in [0.3, 0.4) is 0 Å². The molecule has 0 aliphatic heterocycles. The van der Waals surface area contributed by atoms with Crippen molar-refractivity contribution in [1.82, 2.24) is 5.32 Å². The zero-order valence-electron chi connectivity index (χ0n) is 10.8. The molecule has 0 aliphatic carbocycles. The molecule has 17 heavy (non-hydrogen) atoms. The molecule has 0 amide bonds. The van der Waals surface area contributed by atoms with Gasteiger partial charge in [-0.25, -0.2) is 0 Å². The zero-order chi connectivity index (χ0) is 12.7. The van der Waals surface area contributed by atoms with Crippen molar-refractivity contribution < 1.29 is 0 Å². The maximum absolute atomic E-state index is 5.77. The average Bonchev–Trinajstić information content (AvgIpc) is 2.25. The molecule has 4 nitrogen and oxygen atoms in total. The number of aliphatic imine (C=N–C) groups is 1. The van der Waals surface area contributed by atoms with E-state index in [1.54, 1.807) is 0 Å². The fourth-order valence-electron chi connectivity index (χ4n) is 1.32. The van der Waals surface area contributed by atoms with E-state index >= 15 is 0 Å². The van der Waals surface area contributed by atoms with Crippen molar-refractivity contribution in [3.63, 3.8) is 0 Å². The highest BCUT2D eigenvalue weighted by Crippen LogP contribution is 2.03. The van der Waals surface area contributed by atoms with Crippen molar-refractivity contribution in [3.05, 3.63) is 30.3 Å². The zero-order valence-corrected chi connectivity index (χ0v) is 10.8. The summed E-state index contributed by atoms with van der Waals surface area (Å²) in [4.78, 5) is 4.24. The van der Waals surface area contributed by atoms with Crippen LogP contribution in [-0.4, -0.2) is 24.6 Å². The van der Waals surface area contributed by atoms with Crippen LogP contribution in [0.5, 0.6) is 0 Å². The van der Waals surface area contributed by atoms with E-state index in [0.29, 0.717) is 12.5 Å². The van der Waals surface area contributed by atoms with Crippen molar-refractivity contribution in [2.45, 2.75) is 26.3 Å². The van der Waals surface area contributed by atoms with Gasteiger partial charge in [-0.1, -0.05) is 18.2 Å². The Labute approximate surface area is 103 Å². The predicted octanol–water partition coefficient (Wildman–Crippen LogP) is 1.80. The Hall–Kier alpha value is -1.55. The van der Waals surface area contributed by atoms with Crippen LogP contribution in [0.4, 0.5) is 5.69 Å². The van der Waals surface area contributed by atoms with Crippen LogP contribution in [0.25, 0.3) is 0 Å². The van der Waals surface area contributed by atoms with E-state index in [2.05, 4.69) is 36.4 Å². The second-order valence-corrected chi connectivity index (χ2v) is 4.93. The minimum atomic E-state index is 0.122. The van der Waals surface area contributed by atoms with Gasteiger partial charge in [-0.15, -0.1) is 0 Å². The molecule has 1 aromatic rings. The van der Waals surface area contributed by atoms with E-state index in [1.165, 1.54) is 0 Å². The van der Waals surface area contributed by atoms with Gasteiger partial charge >= 0.3 is 0 Å². The first kappa shape index (κ1) is 13.5. The van der Waals surface area contributed by atoms with Gasteiger partial charge in [0.1, 0.15) is 0 Å². The molecule has 0 fully saturated rings. The minimum Gasteiger partial charge on any atom is -0.370 e. The molecule has 0 unspecified atom stereocenters. The number of hydrogen-bond acceptors (Lipinski definition) is 2. The average molecular weight is 234 g/mol. The van der Waals surface area contributed by atoms with Crippen molar-refractivity contribution in [1.29, 1.82) is 0 Å². The molecule has 1 aromatic carbocycles. The summed E-state index contributed by atoms with van der Waals surface area (Å²) in [7, 11) is 0. The Balaban J connectivity index is 2.31. The molecular formula is C13H22N4. The SMILES string of the molecule is CC(C)(C)NCCN=C(N)Nc1ccccc1. The second-order valence-electron chi connectivity index (χ2n) is 4.93. The van der Waals surface area contributed by atoms with Gasteiger partial charge in [-0.05, 0) is 32.9 Å². The minimum absolute atomic E-state index is 0.122. The van der Waals surface area contributed by atoms with Crippen molar-refractivity contribution in [2.75, 3.05) is 18.4 Å². The summed E-state index contributed by atoms with van der Waals surface area (Å²) in [5, 5.41) is 6.39. The lowest BCUT2D eigenvalue weighted by molar-refractivity contribution is 0.433. The number of nitrogens with zero attached hydrogens (tertiary/aromatic N) is 1. The van der Waals surface area contributed by atoms with Gasteiger partial charge in [0.15, 0.2) is 5.96 Å². The quantitative estimate of drug-likeness (QED) is 0.423. The van der Waals surface area contributed by atoms with E-state index in [9.17, 15) is 0 Å². The van der Waals surface area contributed by atoms with E-state index < -0.39 is 0 Å². The molecule has 4 heteroatoms. The van der Waals surface area contributed by atoms with Gasteiger partial charge < -0.3 is 16.4 Å². The maximum atomic E-state index is 5.77. The van der Waals surface area contributed by atoms with Gasteiger partial charge in [0, 0.05) is 17.8 Å². The summed E-state index contributed by atoms with van der Waals surface area (Å²) < 4.78 is 0. The summed E-state index contributed by atoms with van der Waals surface area (Å²) in [5.74, 6) is 0.451. The number of anilines is 1. The largest absolute Gasteiger partial charge is 0.370 e. The number of nitrogens with two attached hydrogens (primary N) is 1. The lowest BCUT2D eigenvalue weighted by atomic mass is 10.1. The fourth-order valence-corrected chi connectivity index (χ4v) is 1.32. The third-order valence-electron chi connectivity index (χ3n) is 2.10. The first-order valence-electron chi connectivity index (χ1n) is 5.84. The van der Waals surface area contributed by atoms with E-state index in [-0.39, 0.29) is 5.54 Å². The summed E-state index contributed by atoms with van der Waals surface area (Å²) in [5.41, 5.74) is 6.84. The number of guanidine groups is 1. The normalized spacial score (nSPS) is 12.5.